The number of hydrogen-bond donors (Lipinski definition) is 2. The van der Waals surface area contributed by atoms with Gasteiger partial charge in [-0.25, -0.2) is 14.4 Å². The van der Waals surface area contributed by atoms with Crippen molar-refractivity contribution in [3.05, 3.63) is 83.6 Å². The molecule has 27 heavy (non-hydrogen) atoms. The minimum atomic E-state index is -0.272. The SMILES string of the molecule is CCc1ccccc1Nc1cc(C(=O)NCCc2ccc(F)cc2)ncn1. The predicted molar refractivity (Wildman–Crippen MR) is 104 cm³/mol. The second-order valence-corrected chi connectivity index (χ2v) is 6.06. The number of nitrogens with one attached hydrogen (secondary N) is 2. The molecule has 5 nitrogen and oxygen atoms in total. The van der Waals surface area contributed by atoms with Gasteiger partial charge in [-0.1, -0.05) is 37.3 Å². The van der Waals surface area contributed by atoms with E-state index >= 15 is 0 Å². The third kappa shape index (κ3) is 5.10. The highest BCUT2D eigenvalue weighted by Crippen LogP contribution is 2.20. The minimum absolute atomic E-state index is 0.270. The van der Waals surface area contributed by atoms with E-state index in [4.69, 9.17) is 0 Å². The maximum Gasteiger partial charge on any atom is 0.270 e. The normalized spacial score (nSPS) is 10.4. The van der Waals surface area contributed by atoms with Gasteiger partial charge in [0.1, 0.15) is 23.7 Å². The van der Waals surface area contributed by atoms with Crippen LogP contribution in [0.5, 0.6) is 0 Å². The zero-order valence-electron chi connectivity index (χ0n) is 15.1. The Labute approximate surface area is 157 Å². The molecule has 2 aromatic carbocycles. The quantitative estimate of drug-likeness (QED) is 0.667. The zero-order chi connectivity index (χ0) is 19.1. The maximum absolute atomic E-state index is 12.9. The average molecular weight is 364 g/mol. The average Bonchev–Trinajstić information content (AvgIpc) is 2.70. The van der Waals surface area contributed by atoms with Gasteiger partial charge in [-0.05, 0) is 42.2 Å². The van der Waals surface area contributed by atoms with Crippen molar-refractivity contribution in [1.82, 2.24) is 15.3 Å². The summed E-state index contributed by atoms with van der Waals surface area (Å²) in [6, 6.07) is 15.8. The van der Waals surface area contributed by atoms with Gasteiger partial charge in [0.25, 0.3) is 5.91 Å². The number of aryl methyl sites for hydroxylation is 1. The summed E-state index contributed by atoms with van der Waals surface area (Å²) in [5.74, 6) is 0.0226. The molecule has 3 aromatic rings. The Hall–Kier alpha value is -3.28. The smallest absolute Gasteiger partial charge is 0.270 e. The van der Waals surface area contributed by atoms with E-state index in [2.05, 4.69) is 27.5 Å². The van der Waals surface area contributed by atoms with Crippen LogP contribution in [0, 0.1) is 5.82 Å². The molecule has 0 aliphatic carbocycles. The van der Waals surface area contributed by atoms with Gasteiger partial charge in [0.15, 0.2) is 0 Å². The van der Waals surface area contributed by atoms with Crippen LogP contribution >= 0.6 is 0 Å². The number of carbonyl (C=O) groups is 1. The van der Waals surface area contributed by atoms with E-state index in [-0.39, 0.29) is 11.7 Å². The highest BCUT2D eigenvalue weighted by atomic mass is 19.1. The Kier molecular flexibility index (Phi) is 6.10. The number of hydrogen-bond acceptors (Lipinski definition) is 4. The molecule has 0 aliphatic rings. The van der Waals surface area contributed by atoms with E-state index < -0.39 is 0 Å². The van der Waals surface area contributed by atoms with Gasteiger partial charge in [0.2, 0.25) is 0 Å². The van der Waals surface area contributed by atoms with Crippen LogP contribution in [0.4, 0.5) is 15.9 Å². The van der Waals surface area contributed by atoms with Crippen LogP contribution < -0.4 is 10.6 Å². The van der Waals surface area contributed by atoms with Crippen molar-refractivity contribution >= 4 is 17.4 Å². The fourth-order valence-corrected chi connectivity index (χ4v) is 2.70. The summed E-state index contributed by atoms with van der Waals surface area (Å²) >= 11 is 0. The van der Waals surface area contributed by atoms with Crippen molar-refractivity contribution in [1.29, 1.82) is 0 Å². The van der Waals surface area contributed by atoms with Gasteiger partial charge < -0.3 is 10.6 Å². The molecule has 1 heterocycles. The Bertz CT molecular complexity index is 912. The van der Waals surface area contributed by atoms with Crippen LogP contribution in [0.25, 0.3) is 0 Å². The van der Waals surface area contributed by atoms with Crippen molar-refractivity contribution in [2.45, 2.75) is 19.8 Å². The second kappa shape index (κ2) is 8.89. The third-order valence-electron chi connectivity index (χ3n) is 4.17. The van der Waals surface area contributed by atoms with Gasteiger partial charge in [0.05, 0.1) is 0 Å². The molecular weight excluding hydrogens is 343 g/mol. The van der Waals surface area contributed by atoms with Crippen molar-refractivity contribution < 1.29 is 9.18 Å². The van der Waals surface area contributed by atoms with Gasteiger partial charge in [-0.15, -0.1) is 0 Å². The number of para-hydroxylation sites is 1. The topological polar surface area (TPSA) is 66.9 Å². The largest absolute Gasteiger partial charge is 0.350 e. The molecule has 1 aromatic heterocycles. The molecule has 0 bridgehead atoms. The first kappa shape index (κ1) is 18.5. The van der Waals surface area contributed by atoms with E-state index in [1.54, 1.807) is 18.2 Å². The fraction of sp³-hybridized carbons (Fsp3) is 0.190. The monoisotopic (exact) mass is 364 g/mol. The molecule has 0 fully saturated rings. The molecule has 0 radical (unpaired) electrons. The molecule has 0 saturated carbocycles. The fourth-order valence-electron chi connectivity index (χ4n) is 2.70. The van der Waals surface area contributed by atoms with Crippen molar-refractivity contribution in [3.8, 4) is 0 Å². The molecule has 138 valence electrons. The summed E-state index contributed by atoms with van der Waals surface area (Å²) in [4.78, 5) is 20.6. The van der Waals surface area contributed by atoms with Crippen molar-refractivity contribution in [3.63, 3.8) is 0 Å². The van der Waals surface area contributed by atoms with Crippen LogP contribution in [0.3, 0.4) is 0 Å². The first-order valence-electron chi connectivity index (χ1n) is 8.85. The van der Waals surface area contributed by atoms with Crippen LogP contribution in [0.15, 0.2) is 60.9 Å². The highest BCUT2D eigenvalue weighted by Gasteiger charge is 2.09. The van der Waals surface area contributed by atoms with Crippen molar-refractivity contribution in [2.75, 3.05) is 11.9 Å². The Morgan fingerprint density at radius 2 is 1.85 bits per heavy atom. The van der Waals surface area contributed by atoms with Gasteiger partial charge in [-0.2, -0.15) is 0 Å². The molecule has 3 rings (SSSR count). The summed E-state index contributed by atoms with van der Waals surface area (Å²) in [5.41, 5.74) is 3.38. The lowest BCUT2D eigenvalue weighted by Gasteiger charge is -2.11. The number of benzene rings is 2. The summed E-state index contributed by atoms with van der Waals surface area (Å²) in [5, 5.41) is 6.06. The molecule has 0 aliphatic heterocycles. The number of carbonyl (C=O) groups excluding carboxylic acids is 1. The first-order chi connectivity index (χ1) is 13.2. The number of aromatic nitrogens is 2. The number of anilines is 2. The summed E-state index contributed by atoms with van der Waals surface area (Å²) in [7, 11) is 0. The lowest BCUT2D eigenvalue weighted by Crippen LogP contribution is -2.26. The predicted octanol–water partition coefficient (Wildman–Crippen LogP) is 3.89. The number of halogens is 1. The highest BCUT2D eigenvalue weighted by molar-refractivity contribution is 5.93. The van der Waals surface area contributed by atoms with Gasteiger partial charge in [-0.3, -0.25) is 4.79 Å². The van der Waals surface area contributed by atoms with E-state index in [0.717, 1.165) is 17.7 Å². The van der Waals surface area contributed by atoms with Crippen LogP contribution in [-0.2, 0) is 12.8 Å². The number of amides is 1. The molecule has 2 N–H and O–H groups in total. The first-order valence-corrected chi connectivity index (χ1v) is 8.85. The number of nitrogens with zero attached hydrogens (tertiary/aromatic N) is 2. The Morgan fingerprint density at radius 1 is 1.07 bits per heavy atom. The molecule has 0 unspecified atom stereocenters. The van der Waals surface area contributed by atoms with E-state index in [1.807, 2.05) is 24.3 Å². The van der Waals surface area contributed by atoms with E-state index in [0.29, 0.717) is 24.5 Å². The van der Waals surface area contributed by atoms with Crippen molar-refractivity contribution in [2.24, 2.45) is 0 Å². The molecule has 1 amide bonds. The van der Waals surface area contributed by atoms with Gasteiger partial charge in [0, 0.05) is 18.3 Å². The summed E-state index contributed by atoms with van der Waals surface area (Å²) in [6.45, 7) is 2.52. The standard InChI is InChI=1S/C21H21FN4O/c1-2-16-5-3-4-6-18(16)26-20-13-19(24-14-25-20)21(27)23-12-11-15-7-9-17(22)10-8-15/h3-10,13-14H,2,11-12H2,1H3,(H,23,27)(H,24,25,26). The lowest BCUT2D eigenvalue weighted by molar-refractivity contribution is 0.0949. The molecule has 0 spiro atoms. The summed E-state index contributed by atoms with van der Waals surface area (Å²) in [6.07, 6.45) is 2.88. The molecule has 0 saturated heterocycles. The molecule has 6 heteroatoms. The van der Waals surface area contributed by atoms with Crippen LogP contribution in [0.1, 0.15) is 28.5 Å². The third-order valence-corrected chi connectivity index (χ3v) is 4.17. The Morgan fingerprint density at radius 3 is 2.63 bits per heavy atom. The van der Waals surface area contributed by atoms with E-state index in [9.17, 15) is 9.18 Å². The van der Waals surface area contributed by atoms with Crippen LogP contribution in [-0.4, -0.2) is 22.4 Å². The zero-order valence-corrected chi connectivity index (χ0v) is 15.1. The van der Waals surface area contributed by atoms with Gasteiger partial charge >= 0.3 is 0 Å². The Balaban J connectivity index is 1.60. The summed E-state index contributed by atoms with van der Waals surface area (Å²) < 4.78 is 12.9. The minimum Gasteiger partial charge on any atom is -0.350 e. The number of rotatable bonds is 7. The second-order valence-electron chi connectivity index (χ2n) is 6.06. The lowest BCUT2D eigenvalue weighted by atomic mass is 10.1. The van der Waals surface area contributed by atoms with Crippen LogP contribution in [0.2, 0.25) is 0 Å². The van der Waals surface area contributed by atoms with E-state index in [1.165, 1.54) is 24.0 Å². The maximum atomic E-state index is 12.9. The molecular formula is C21H21FN4O. The molecule has 0 atom stereocenters.